The van der Waals surface area contributed by atoms with Crippen molar-refractivity contribution >= 4 is 40.6 Å². The van der Waals surface area contributed by atoms with Gasteiger partial charge in [-0.25, -0.2) is 4.98 Å². The molecule has 0 unspecified atom stereocenters. The average Bonchev–Trinajstić information content (AvgIpc) is 3.13. The van der Waals surface area contributed by atoms with E-state index in [1.54, 1.807) is 18.0 Å². The summed E-state index contributed by atoms with van der Waals surface area (Å²) in [6.07, 6.45) is 7.52. The number of benzene rings is 1. The number of amides is 1. The number of pyridine rings is 2. The second kappa shape index (κ2) is 8.50. The smallest absolute Gasteiger partial charge is 0.276 e. The summed E-state index contributed by atoms with van der Waals surface area (Å²) in [6.45, 7) is 0. The van der Waals surface area contributed by atoms with Crippen molar-refractivity contribution in [3.8, 4) is 0 Å². The largest absolute Gasteiger partial charge is 0.321 e. The van der Waals surface area contributed by atoms with Gasteiger partial charge in [0, 0.05) is 34.9 Å². The molecule has 5 nitrogen and oxygen atoms in total. The summed E-state index contributed by atoms with van der Waals surface area (Å²) in [4.78, 5) is 22.5. The molecule has 1 N–H and O–H groups in total. The van der Waals surface area contributed by atoms with Crippen LogP contribution >= 0.6 is 23.5 Å². The third-order valence-corrected chi connectivity index (χ3v) is 5.89. The SMILES string of the molecule is CSc1nc(C(=O)Nc2ccc(SCc3cccnc3)cc2)c2ccccn12. The van der Waals surface area contributed by atoms with Gasteiger partial charge in [-0.15, -0.1) is 11.8 Å². The second-order valence-corrected chi connectivity index (χ2v) is 7.85. The minimum absolute atomic E-state index is 0.209. The number of hydrogen-bond donors (Lipinski definition) is 1. The van der Waals surface area contributed by atoms with E-state index in [9.17, 15) is 4.79 Å². The maximum Gasteiger partial charge on any atom is 0.276 e. The van der Waals surface area contributed by atoms with Crippen molar-refractivity contribution in [2.75, 3.05) is 11.6 Å². The number of imidazole rings is 1. The molecule has 1 aromatic carbocycles. The first kappa shape index (κ1) is 18.6. The molecule has 0 saturated carbocycles. The van der Waals surface area contributed by atoms with E-state index in [0.717, 1.165) is 27.0 Å². The molecule has 0 aliphatic heterocycles. The normalized spacial score (nSPS) is 10.9. The Morgan fingerprint density at radius 3 is 2.71 bits per heavy atom. The third kappa shape index (κ3) is 4.05. The van der Waals surface area contributed by atoms with Gasteiger partial charge in [-0.2, -0.15) is 0 Å². The molecule has 3 heterocycles. The van der Waals surface area contributed by atoms with E-state index in [1.807, 2.05) is 71.6 Å². The highest BCUT2D eigenvalue weighted by molar-refractivity contribution is 7.98. The molecule has 4 aromatic rings. The van der Waals surface area contributed by atoms with Gasteiger partial charge in [0.15, 0.2) is 10.9 Å². The first-order valence-corrected chi connectivity index (χ1v) is 10.9. The fourth-order valence-electron chi connectivity index (χ4n) is 2.80. The molecule has 28 heavy (non-hydrogen) atoms. The average molecular weight is 407 g/mol. The van der Waals surface area contributed by atoms with Gasteiger partial charge in [0.05, 0.1) is 5.52 Å². The van der Waals surface area contributed by atoms with Gasteiger partial charge in [-0.1, -0.05) is 23.9 Å². The van der Waals surface area contributed by atoms with Crippen molar-refractivity contribution in [3.05, 3.63) is 84.4 Å². The minimum Gasteiger partial charge on any atom is -0.321 e. The summed E-state index contributed by atoms with van der Waals surface area (Å²) >= 11 is 3.25. The van der Waals surface area contributed by atoms with Crippen molar-refractivity contribution in [2.45, 2.75) is 15.8 Å². The highest BCUT2D eigenvalue weighted by atomic mass is 32.2. The summed E-state index contributed by atoms with van der Waals surface area (Å²) in [5, 5.41) is 3.74. The molecule has 0 fully saturated rings. The van der Waals surface area contributed by atoms with Crippen molar-refractivity contribution in [3.63, 3.8) is 0 Å². The van der Waals surface area contributed by atoms with Crippen LogP contribution in [-0.4, -0.2) is 26.5 Å². The number of rotatable bonds is 6. The monoisotopic (exact) mass is 406 g/mol. The van der Waals surface area contributed by atoms with Gasteiger partial charge in [0.1, 0.15) is 0 Å². The van der Waals surface area contributed by atoms with E-state index in [-0.39, 0.29) is 5.91 Å². The van der Waals surface area contributed by atoms with E-state index in [0.29, 0.717) is 5.69 Å². The van der Waals surface area contributed by atoms with Gasteiger partial charge >= 0.3 is 0 Å². The molecule has 0 atom stereocenters. The number of nitrogens with one attached hydrogen (secondary N) is 1. The first-order chi connectivity index (χ1) is 13.7. The number of fused-ring (bicyclic) bond motifs is 1. The predicted molar refractivity (Wildman–Crippen MR) is 115 cm³/mol. The van der Waals surface area contributed by atoms with Gasteiger partial charge in [0.2, 0.25) is 0 Å². The predicted octanol–water partition coefficient (Wildman–Crippen LogP) is 5.00. The zero-order valence-electron chi connectivity index (χ0n) is 15.2. The Morgan fingerprint density at radius 2 is 1.96 bits per heavy atom. The van der Waals surface area contributed by atoms with Crippen LogP contribution in [0.3, 0.4) is 0 Å². The topological polar surface area (TPSA) is 59.3 Å². The Kier molecular flexibility index (Phi) is 5.64. The quantitative estimate of drug-likeness (QED) is 0.457. The lowest BCUT2D eigenvalue weighted by Crippen LogP contribution is -2.12. The number of carbonyl (C=O) groups is 1. The summed E-state index contributed by atoms with van der Waals surface area (Å²) in [6, 6.07) is 17.6. The van der Waals surface area contributed by atoms with Gasteiger partial charge in [0.25, 0.3) is 5.91 Å². The van der Waals surface area contributed by atoms with Crippen molar-refractivity contribution in [1.29, 1.82) is 0 Å². The number of aromatic nitrogens is 3. The summed E-state index contributed by atoms with van der Waals surface area (Å²) in [7, 11) is 0. The van der Waals surface area contributed by atoms with E-state index in [4.69, 9.17) is 0 Å². The van der Waals surface area contributed by atoms with Crippen LogP contribution in [0.2, 0.25) is 0 Å². The Bertz CT molecular complexity index is 1090. The van der Waals surface area contributed by atoms with Crippen LogP contribution in [0.25, 0.3) is 5.52 Å². The number of anilines is 1. The lowest BCUT2D eigenvalue weighted by Gasteiger charge is -2.06. The van der Waals surface area contributed by atoms with Crippen LogP contribution in [0.15, 0.2) is 83.2 Å². The molecule has 0 aliphatic rings. The zero-order chi connectivity index (χ0) is 19.3. The molecule has 3 aromatic heterocycles. The van der Waals surface area contributed by atoms with E-state index >= 15 is 0 Å². The number of carbonyl (C=O) groups excluding carboxylic acids is 1. The fourth-order valence-corrected chi connectivity index (χ4v) is 4.17. The molecule has 0 saturated heterocycles. The van der Waals surface area contributed by atoms with Crippen LogP contribution in [-0.2, 0) is 5.75 Å². The maximum atomic E-state index is 12.7. The Hall–Kier alpha value is -2.77. The Morgan fingerprint density at radius 1 is 1.11 bits per heavy atom. The van der Waals surface area contributed by atoms with Crippen LogP contribution in [0.1, 0.15) is 16.1 Å². The molecule has 140 valence electrons. The van der Waals surface area contributed by atoms with Gasteiger partial charge < -0.3 is 5.32 Å². The Labute approximate surface area is 171 Å². The summed E-state index contributed by atoms with van der Waals surface area (Å²) < 4.78 is 1.93. The second-order valence-electron chi connectivity index (χ2n) is 6.03. The summed E-state index contributed by atoms with van der Waals surface area (Å²) in [5.41, 5.74) is 3.16. The minimum atomic E-state index is -0.209. The first-order valence-electron chi connectivity index (χ1n) is 8.69. The van der Waals surface area contributed by atoms with Gasteiger partial charge in [-0.05, 0) is 54.3 Å². The molecule has 0 spiro atoms. The lowest BCUT2D eigenvalue weighted by atomic mass is 10.3. The van der Waals surface area contributed by atoms with Crippen molar-refractivity contribution in [1.82, 2.24) is 14.4 Å². The highest BCUT2D eigenvalue weighted by Gasteiger charge is 2.17. The molecule has 4 rings (SSSR count). The molecular formula is C21H18N4OS2. The molecule has 7 heteroatoms. The lowest BCUT2D eigenvalue weighted by molar-refractivity contribution is 0.102. The molecule has 0 bridgehead atoms. The van der Waals surface area contributed by atoms with Gasteiger partial charge in [-0.3, -0.25) is 14.2 Å². The van der Waals surface area contributed by atoms with Crippen LogP contribution in [0.4, 0.5) is 5.69 Å². The van der Waals surface area contributed by atoms with E-state index < -0.39 is 0 Å². The number of thioether (sulfide) groups is 2. The standard InChI is InChI=1S/C21H18N4OS2/c1-27-21-24-19(18-6-2-3-12-25(18)21)20(26)23-16-7-9-17(10-8-16)28-14-15-5-4-11-22-13-15/h2-13H,14H2,1H3,(H,23,26). The van der Waals surface area contributed by atoms with E-state index in [1.165, 1.54) is 17.3 Å². The molecule has 0 aliphatic carbocycles. The van der Waals surface area contributed by atoms with Crippen LogP contribution in [0.5, 0.6) is 0 Å². The number of nitrogens with zero attached hydrogens (tertiary/aromatic N) is 3. The van der Waals surface area contributed by atoms with Crippen LogP contribution in [0, 0.1) is 0 Å². The van der Waals surface area contributed by atoms with Crippen molar-refractivity contribution < 1.29 is 4.79 Å². The molecule has 1 amide bonds. The highest BCUT2D eigenvalue weighted by Crippen LogP contribution is 2.25. The fraction of sp³-hybridized carbons (Fsp3) is 0.0952. The third-order valence-electron chi connectivity index (χ3n) is 4.15. The molecule has 0 radical (unpaired) electrons. The van der Waals surface area contributed by atoms with E-state index in [2.05, 4.69) is 21.4 Å². The van der Waals surface area contributed by atoms with Crippen molar-refractivity contribution in [2.24, 2.45) is 0 Å². The number of hydrogen-bond acceptors (Lipinski definition) is 5. The molecular weight excluding hydrogens is 388 g/mol. The Balaban J connectivity index is 1.45. The van der Waals surface area contributed by atoms with Crippen LogP contribution < -0.4 is 5.32 Å². The maximum absolute atomic E-state index is 12.7. The summed E-state index contributed by atoms with van der Waals surface area (Å²) in [5.74, 6) is 0.650. The zero-order valence-corrected chi connectivity index (χ0v) is 16.8.